The second-order valence-corrected chi connectivity index (χ2v) is 18.8. The third-order valence-corrected chi connectivity index (χ3v) is 13.5. The van der Waals surface area contributed by atoms with E-state index >= 15 is 0 Å². The number of anilines is 3. The molecule has 7 nitrogen and oxygen atoms in total. The highest BCUT2D eigenvalue weighted by atomic mass is 15.4. The van der Waals surface area contributed by atoms with Crippen molar-refractivity contribution < 1.29 is 0 Å². The Bertz CT molecular complexity index is 3660. The molecule has 0 N–H and O–H groups in total. The standard InChI is InChI=1S/C65H53N7/c1-41-36-43(3)57(44(4)37-41)59(58-45(5)38-42(2)39-46(58)6)49-32-34-54(35-33-49)72(64-68-60(50-23-12-8-13-24-50)66-62(70-64)53-31-30-47-20-16-17-27-52(47)40-53)65-69-61(51-25-14-9-15-26-51)67-63(71-65)56-29-19-18-28-55(56)48-21-10-7-11-22-48/h7-40,59H,1-6H3. The third-order valence-electron chi connectivity index (χ3n) is 13.5. The minimum Gasteiger partial charge on any atom is -0.246 e. The first kappa shape index (κ1) is 45.5. The van der Waals surface area contributed by atoms with Crippen LogP contribution in [0.2, 0.25) is 0 Å². The van der Waals surface area contributed by atoms with E-state index in [4.69, 9.17) is 29.9 Å². The Hall–Kier alpha value is -8.94. The number of fused-ring (bicyclic) bond motifs is 1. The van der Waals surface area contributed by atoms with Gasteiger partial charge in [0.05, 0.1) is 5.69 Å². The van der Waals surface area contributed by atoms with Crippen LogP contribution in [0.4, 0.5) is 17.6 Å². The lowest BCUT2D eigenvalue weighted by molar-refractivity contribution is 0.917. The molecule has 0 spiro atoms. The molecule has 0 atom stereocenters. The second kappa shape index (κ2) is 19.5. The van der Waals surface area contributed by atoms with Crippen LogP contribution >= 0.6 is 0 Å². The molecule has 2 heterocycles. The van der Waals surface area contributed by atoms with Crippen molar-refractivity contribution in [3.8, 4) is 56.7 Å². The van der Waals surface area contributed by atoms with Gasteiger partial charge in [-0.2, -0.15) is 19.9 Å². The summed E-state index contributed by atoms with van der Waals surface area (Å²) in [7, 11) is 0. The first-order valence-electron chi connectivity index (χ1n) is 24.5. The van der Waals surface area contributed by atoms with Crippen molar-refractivity contribution in [2.24, 2.45) is 0 Å². The normalized spacial score (nSPS) is 11.3. The van der Waals surface area contributed by atoms with Crippen LogP contribution in [0.25, 0.3) is 67.5 Å². The van der Waals surface area contributed by atoms with E-state index in [1.165, 1.54) is 50.1 Å². The lowest BCUT2D eigenvalue weighted by Crippen LogP contribution is -2.19. The number of hydrogen-bond acceptors (Lipinski definition) is 7. The summed E-state index contributed by atoms with van der Waals surface area (Å²) in [4.78, 5) is 33.9. The van der Waals surface area contributed by atoms with Crippen LogP contribution in [0.3, 0.4) is 0 Å². The molecule has 72 heavy (non-hydrogen) atoms. The van der Waals surface area contributed by atoms with E-state index in [9.17, 15) is 0 Å². The highest BCUT2D eigenvalue weighted by Crippen LogP contribution is 2.42. The minimum atomic E-state index is -0.0296. The van der Waals surface area contributed by atoms with E-state index in [1.54, 1.807) is 0 Å². The predicted octanol–water partition coefficient (Wildman–Crippen LogP) is 16.0. The molecule has 0 amide bonds. The third kappa shape index (κ3) is 9.04. The fourth-order valence-electron chi connectivity index (χ4n) is 10.4. The summed E-state index contributed by atoms with van der Waals surface area (Å²) in [6.45, 7) is 13.3. The number of hydrogen-bond donors (Lipinski definition) is 0. The van der Waals surface area contributed by atoms with Crippen molar-refractivity contribution in [2.45, 2.75) is 47.5 Å². The van der Waals surface area contributed by atoms with E-state index in [1.807, 2.05) is 77.7 Å². The molecule has 11 rings (SSSR count). The topological polar surface area (TPSA) is 80.6 Å². The molecule has 0 aliphatic carbocycles. The quantitative estimate of drug-likeness (QED) is 0.120. The average molecular weight is 932 g/mol. The number of aromatic nitrogens is 6. The number of aryl methyl sites for hydroxylation is 6. The summed E-state index contributed by atoms with van der Waals surface area (Å²) in [6, 6.07) is 71.5. The molecule has 348 valence electrons. The first-order valence-corrected chi connectivity index (χ1v) is 24.5. The van der Waals surface area contributed by atoms with Crippen molar-refractivity contribution in [3.05, 3.63) is 256 Å². The van der Waals surface area contributed by atoms with E-state index in [0.29, 0.717) is 35.2 Å². The lowest BCUT2D eigenvalue weighted by atomic mass is 9.77. The molecule has 0 unspecified atom stereocenters. The molecule has 0 bridgehead atoms. The van der Waals surface area contributed by atoms with Gasteiger partial charge in [0.2, 0.25) is 11.9 Å². The van der Waals surface area contributed by atoms with Crippen molar-refractivity contribution in [3.63, 3.8) is 0 Å². The van der Waals surface area contributed by atoms with E-state index < -0.39 is 0 Å². The Kier molecular flexibility index (Phi) is 12.3. The zero-order valence-electron chi connectivity index (χ0n) is 41.3. The maximum atomic E-state index is 5.43. The van der Waals surface area contributed by atoms with Crippen molar-refractivity contribution in [1.82, 2.24) is 29.9 Å². The van der Waals surface area contributed by atoms with Gasteiger partial charge in [-0.3, -0.25) is 0 Å². The van der Waals surface area contributed by atoms with Crippen LogP contribution in [-0.2, 0) is 0 Å². The van der Waals surface area contributed by atoms with E-state index in [-0.39, 0.29) is 5.92 Å². The number of benzene rings is 9. The molecule has 0 saturated carbocycles. The van der Waals surface area contributed by atoms with Gasteiger partial charge in [0.15, 0.2) is 23.3 Å². The van der Waals surface area contributed by atoms with Gasteiger partial charge in [0.25, 0.3) is 0 Å². The van der Waals surface area contributed by atoms with E-state index in [2.05, 4.69) is 175 Å². The van der Waals surface area contributed by atoms with E-state index in [0.717, 1.165) is 49.8 Å². The second-order valence-electron chi connectivity index (χ2n) is 18.8. The average Bonchev–Trinajstić information content (AvgIpc) is 3.40. The molecule has 2 aromatic heterocycles. The molecule has 0 fully saturated rings. The molecule has 11 aromatic rings. The molecule has 0 aliphatic heterocycles. The van der Waals surface area contributed by atoms with Crippen LogP contribution in [0, 0.1) is 41.5 Å². The summed E-state index contributed by atoms with van der Waals surface area (Å²) >= 11 is 0. The smallest absolute Gasteiger partial charge is 0.241 e. The molecule has 0 saturated heterocycles. The SMILES string of the molecule is Cc1cc(C)c(C(c2ccc(N(c3nc(-c4ccccc4)nc(-c4ccc5ccccc5c4)n3)c3nc(-c4ccccc4)nc(-c4ccccc4-c4ccccc4)n3)cc2)c2c(C)cc(C)cc2C)c(C)c1. The highest BCUT2D eigenvalue weighted by molar-refractivity contribution is 5.87. The predicted molar refractivity (Wildman–Crippen MR) is 295 cm³/mol. The lowest BCUT2D eigenvalue weighted by Gasteiger charge is -2.28. The maximum Gasteiger partial charge on any atom is 0.241 e. The first-order chi connectivity index (χ1) is 35.1. The zero-order chi connectivity index (χ0) is 49.3. The Morgan fingerprint density at radius 3 is 1.26 bits per heavy atom. The van der Waals surface area contributed by atoms with Gasteiger partial charge in [-0.1, -0.05) is 199 Å². The monoisotopic (exact) mass is 931 g/mol. The number of nitrogens with zero attached hydrogens (tertiary/aromatic N) is 7. The van der Waals surface area contributed by atoms with Gasteiger partial charge in [-0.15, -0.1) is 0 Å². The Morgan fingerprint density at radius 2 is 0.736 bits per heavy atom. The molecular formula is C65H53N7. The Labute approximate surface area is 421 Å². The van der Waals surface area contributed by atoms with Gasteiger partial charge >= 0.3 is 0 Å². The van der Waals surface area contributed by atoms with Crippen molar-refractivity contribution in [2.75, 3.05) is 4.90 Å². The highest BCUT2D eigenvalue weighted by Gasteiger charge is 2.28. The summed E-state index contributed by atoms with van der Waals surface area (Å²) in [6.07, 6.45) is 0. The fraction of sp³-hybridized carbons (Fsp3) is 0.108. The minimum absolute atomic E-state index is 0.0296. The van der Waals surface area contributed by atoms with Gasteiger partial charge in [0, 0.05) is 28.2 Å². The van der Waals surface area contributed by atoms with Gasteiger partial charge in [-0.05, 0) is 121 Å². The Morgan fingerprint density at radius 1 is 0.319 bits per heavy atom. The molecule has 0 radical (unpaired) electrons. The number of rotatable bonds is 11. The molecule has 7 heteroatoms. The summed E-state index contributed by atoms with van der Waals surface area (Å²) in [5, 5.41) is 2.22. The zero-order valence-corrected chi connectivity index (χ0v) is 41.3. The van der Waals surface area contributed by atoms with Gasteiger partial charge in [0.1, 0.15) is 0 Å². The Balaban J connectivity index is 1.18. The maximum absolute atomic E-state index is 5.43. The fourth-order valence-corrected chi connectivity index (χ4v) is 10.4. The summed E-state index contributed by atoms with van der Waals surface area (Å²) < 4.78 is 0. The van der Waals surface area contributed by atoms with Crippen molar-refractivity contribution >= 4 is 28.4 Å². The summed E-state index contributed by atoms with van der Waals surface area (Å²) in [5.74, 6) is 2.76. The van der Waals surface area contributed by atoms with Gasteiger partial charge in [-0.25, -0.2) is 14.9 Å². The van der Waals surface area contributed by atoms with Crippen LogP contribution in [0.1, 0.15) is 56.0 Å². The van der Waals surface area contributed by atoms with Crippen LogP contribution in [-0.4, -0.2) is 29.9 Å². The largest absolute Gasteiger partial charge is 0.246 e. The van der Waals surface area contributed by atoms with Crippen LogP contribution < -0.4 is 4.90 Å². The van der Waals surface area contributed by atoms with Crippen LogP contribution in [0.15, 0.2) is 206 Å². The molecule has 9 aromatic carbocycles. The van der Waals surface area contributed by atoms with Crippen LogP contribution in [0.5, 0.6) is 0 Å². The van der Waals surface area contributed by atoms with Gasteiger partial charge < -0.3 is 0 Å². The van der Waals surface area contributed by atoms with Crippen molar-refractivity contribution in [1.29, 1.82) is 0 Å². The molecule has 0 aliphatic rings. The molecular weight excluding hydrogens is 879 g/mol. The summed E-state index contributed by atoms with van der Waals surface area (Å²) in [5.41, 5.74) is 17.6.